The Morgan fingerprint density at radius 1 is 1.47 bits per heavy atom. The summed E-state index contributed by atoms with van der Waals surface area (Å²) in [5.74, 6) is -0.224. The van der Waals surface area contributed by atoms with Crippen LogP contribution in [0.25, 0.3) is 10.2 Å². The summed E-state index contributed by atoms with van der Waals surface area (Å²) >= 11 is 1.62. The molecule has 2 rings (SSSR count). The topological polar surface area (TPSA) is 30.2 Å². The molecule has 0 unspecified atom stereocenters. The molecule has 0 aliphatic heterocycles. The normalized spacial score (nSPS) is 9.67. The van der Waals surface area contributed by atoms with Gasteiger partial charge in [0, 0.05) is 6.07 Å². The molecule has 0 radical (unpaired) electrons. The molecule has 1 heterocycles. The van der Waals surface area contributed by atoms with Crippen LogP contribution in [0.3, 0.4) is 0 Å². The molecule has 0 aliphatic rings. The maximum Gasteiger partial charge on any atom is 0.372 e. The van der Waals surface area contributed by atoms with Gasteiger partial charge in [-0.15, -0.1) is 0 Å². The van der Waals surface area contributed by atoms with Crippen LogP contribution in [-0.4, -0.2) is 13.1 Å². The van der Waals surface area contributed by atoms with Crippen molar-refractivity contribution in [2.24, 2.45) is 0 Å². The van der Waals surface area contributed by atoms with Crippen LogP contribution in [0, 0.1) is 0 Å². The lowest BCUT2D eigenvalue weighted by Crippen LogP contribution is -3.00. The van der Waals surface area contributed by atoms with Crippen LogP contribution in [0.1, 0.15) is 0 Å². The smallest absolute Gasteiger partial charge is 0.372 e. The molecule has 0 bridgehead atoms. The number of nitrogens with zero attached hydrogens (tertiary/aromatic N) is 1. The van der Waals surface area contributed by atoms with Crippen LogP contribution < -0.4 is 17.0 Å². The number of thiazole rings is 1. The molecule has 0 aliphatic carbocycles. The van der Waals surface area contributed by atoms with Crippen molar-refractivity contribution in [2.75, 3.05) is 7.11 Å². The Kier molecular flexibility index (Phi) is 4.05. The Bertz CT molecular complexity index is 469. The van der Waals surface area contributed by atoms with Gasteiger partial charge >= 0.3 is 5.97 Å². The highest BCUT2D eigenvalue weighted by Gasteiger charge is 2.14. The lowest BCUT2D eigenvalue weighted by Gasteiger charge is -1.92. The van der Waals surface area contributed by atoms with Gasteiger partial charge in [0.05, 0.1) is 7.11 Å². The van der Waals surface area contributed by atoms with Crippen molar-refractivity contribution in [1.29, 1.82) is 0 Å². The molecule has 0 amide bonds. The molecular weight excluding hydrogens is 234 g/mol. The lowest BCUT2D eigenvalue weighted by molar-refractivity contribution is -0.655. The maximum atomic E-state index is 11.1. The summed E-state index contributed by atoms with van der Waals surface area (Å²) in [6.45, 7) is 0.278. The van der Waals surface area contributed by atoms with Gasteiger partial charge in [-0.3, -0.25) is 0 Å². The van der Waals surface area contributed by atoms with E-state index in [2.05, 4.69) is 4.74 Å². The average Bonchev–Trinajstić information content (AvgIpc) is 2.62. The summed E-state index contributed by atoms with van der Waals surface area (Å²) in [7, 11) is 1.40. The molecule has 15 heavy (non-hydrogen) atoms. The SMILES string of the molecule is COC(=O)C[n+]1csc2ccccc21.[Cl-]. The third-order valence-electron chi connectivity index (χ3n) is 2.01. The van der Waals surface area contributed by atoms with E-state index in [1.165, 1.54) is 11.8 Å². The number of esters is 1. The number of fused-ring (bicyclic) bond motifs is 1. The van der Waals surface area contributed by atoms with Gasteiger partial charge in [0.25, 0.3) is 0 Å². The fraction of sp³-hybridized carbons (Fsp3) is 0.200. The number of hydrogen-bond acceptors (Lipinski definition) is 3. The molecule has 0 fully saturated rings. The summed E-state index contributed by atoms with van der Waals surface area (Å²) in [5.41, 5.74) is 3.00. The van der Waals surface area contributed by atoms with Crippen LogP contribution in [0.15, 0.2) is 29.8 Å². The molecular formula is C10H10ClNO2S. The van der Waals surface area contributed by atoms with Crippen molar-refractivity contribution in [3.8, 4) is 0 Å². The number of aromatic nitrogens is 1. The summed E-state index contributed by atoms with van der Waals surface area (Å²) in [4.78, 5) is 11.1. The fourth-order valence-electron chi connectivity index (χ4n) is 1.30. The molecule has 0 saturated heterocycles. The first-order valence-corrected chi connectivity index (χ1v) is 5.11. The Hall–Kier alpha value is -1.13. The predicted molar refractivity (Wildman–Crippen MR) is 54.0 cm³/mol. The van der Waals surface area contributed by atoms with Crippen molar-refractivity contribution < 1.29 is 26.5 Å². The second-order valence-corrected chi connectivity index (χ2v) is 3.78. The first-order valence-electron chi connectivity index (χ1n) is 4.24. The van der Waals surface area contributed by atoms with E-state index in [4.69, 9.17) is 0 Å². The molecule has 0 saturated carbocycles. The van der Waals surface area contributed by atoms with Crippen molar-refractivity contribution in [1.82, 2.24) is 0 Å². The van der Waals surface area contributed by atoms with Gasteiger partial charge in [-0.1, -0.05) is 23.5 Å². The van der Waals surface area contributed by atoms with E-state index >= 15 is 0 Å². The van der Waals surface area contributed by atoms with Crippen LogP contribution in [0.5, 0.6) is 0 Å². The van der Waals surface area contributed by atoms with Crippen LogP contribution in [0.2, 0.25) is 0 Å². The fourth-order valence-corrected chi connectivity index (χ4v) is 2.19. The summed E-state index contributed by atoms with van der Waals surface area (Å²) < 4.78 is 7.69. The highest BCUT2D eigenvalue weighted by molar-refractivity contribution is 7.16. The van der Waals surface area contributed by atoms with Gasteiger partial charge < -0.3 is 17.1 Å². The summed E-state index contributed by atoms with van der Waals surface area (Å²) in [6, 6.07) is 7.98. The van der Waals surface area contributed by atoms with E-state index in [-0.39, 0.29) is 24.9 Å². The number of para-hydroxylation sites is 1. The van der Waals surface area contributed by atoms with Crippen molar-refractivity contribution in [3.63, 3.8) is 0 Å². The third kappa shape index (κ3) is 2.46. The van der Waals surface area contributed by atoms with E-state index in [0.717, 1.165) is 5.52 Å². The molecule has 3 nitrogen and oxygen atoms in total. The minimum absolute atomic E-state index is 0. The minimum Gasteiger partial charge on any atom is -1.00 e. The number of ether oxygens (including phenoxy) is 1. The van der Waals surface area contributed by atoms with Gasteiger partial charge in [0.15, 0.2) is 0 Å². The molecule has 1 aromatic heterocycles. The monoisotopic (exact) mass is 243 g/mol. The predicted octanol–water partition coefficient (Wildman–Crippen LogP) is -1.63. The minimum atomic E-state index is -0.224. The Labute approximate surface area is 97.7 Å². The second kappa shape index (κ2) is 5.09. The van der Waals surface area contributed by atoms with Crippen molar-refractivity contribution >= 4 is 27.5 Å². The summed E-state index contributed by atoms with van der Waals surface area (Å²) in [6.07, 6.45) is 0. The molecule has 1 aromatic carbocycles. The molecule has 80 valence electrons. The van der Waals surface area contributed by atoms with Crippen LogP contribution in [0.4, 0.5) is 0 Å². The highest BCUT2D eigenvalue weighted by atomic mass is 35.5. The number of benzene rings is 1. The maximum absolute atomic E-state index is 11.1. The van der Waals surface area contributed by atoms with Gasteiger partial charge in [0.1, 0.15) is 4.70 Å². The number of halogens is 1. The highest BCUT2D eigenvalue weighted by Crippen LogP contribution is 2.14. The number of carbonyl (C=O) groups excluding carboxylic acids is 1. The van der Waals surface area contributed by atoms with E-state index < -0.39 is 0 Å². The van der Waals surface area contributed by atoms with Crippen LogP contribution >= 0.6 is 11.3 Å². The number of hydrogen-bond donors (Lipinski definition) is 0. The zero-order chi connectivity index (χ0) is 9.97. The van der Waals surface area contributed by atoms with Gasteiger partial charge in [-0.2, -0.15) is 4.57 Å². The van der Waals surface area contributed by atoms with E-state index in [9.17, 15) is 4.79 Å². The second-order valence-electron chi connectivity index (χ2n) is 2.90. The van der Waals surface area contributed by atoms with Gasteiger partial charge in [0.2, 0.25) is 17.6 Å². The molecule has 0 N–H and O–H groups in total. The lowest BCUT2D eigenvalue weighted by atomic mass is 10.3. The Morgan fingerprint density at radius 3 is 2.93 bits per heavy atom. The third-order valence-corrected chi connectivity index (χ3v) is 2.97. The van der Waals surface area contributed by atoms with Crippen LogP contribution in [-0.2, 0) is 16.1 Å². The Morgan fingerprint density at radius 2 is 2.20 bits per heavy atom. The van der Waals surface area contributed by atoms with E-state index in [1.54, 1.807) is 11.3 Å². The number of carbonyl (C=O) groups is 1. The average molecular weight is 244 g/mol. The Balaban J connectivity index is 0.00000112. The zero-order valence-corrected chi connectivity index (χ0v) is 9.72. The van der Waals surface area contributed by atoms with Gasteiger partial charge in [-0.05, 0) is 6.07 Å². The van der Waals surface area contributed by atoms with Crippen molar-refractivity contribution in [3.05, 3.63) is 29.8 Å². The first kappa shape index (κ1) is 11.9. The molecule has 0 atom stereocenters. The summed E-state index contributed by atoms with van der Waals surface area (Å²) in [5, 5.41) is 0. The largest absolute Gasteiger partial charge is 1.00 e. The quantitative estimate of drug-likeness (QED) is 0.468. The van der Waals surface area contributed by atoms with E-state index in [0.29, 0.717) is 0 Å². The van der Waals surface area contributed by atoms with Gasteiger partial charge in [-0.25, -0.2) is 4.79 Å². The number of rotatable bonds is 2. The molecule has 5 heteroatoms. The number of methoxy groups -OCH3 is 1. The van der Waals surface area contributed by atoms with E-state index in [1.807, 2.05) is 34.3 Å². The zero-order valence-electron chi connectivity index (χ0n) is 8.14. The molecule has 2 aromatic rings. The first-order chi connectivity index (χ1) is 6.81. The van der Waals surface area contributed by atoms with Crippen molar-refractivity contribution in [2.45, 2.75) is 6.54 Å². The standard InChI is InChI=1S/C10H10NO2S.ClH/c1-13-10(12)6-11-7-14-9-5-3-2-4-8(9)11;/h2-5,7H,6H2,1H3;1H/q+1;/p-1. The molecule has 0 spiro atoms.